The maximum atomic E-state index is 12.0. The largest absolute Gasteiger partial charge is 0.494 e. The van der Waals surface area contributed by atoms with Gasteiger partial charge in [-0.1, -0.05) is 0 Å². The normalized spacial score (nSPS) is 9.88. The number of benzene rings is 2. The Kier molecular flexibility index (Phi) is 6.22. The van der Waals surface area contributed by atoms with E-state index in [4.69, 9.17) is 14.2 Å². The average molecular weight is 344 g/mol. The molecule has 0 bridgehead atoms. The number of rotatable bonds is 6. The summed E-state index contributed by atoms with van der Waals surface area (Å²) in [6.45, 7) is 2.44. The highest BCUT2D eigenvalue weighted by atomic mass is 16.5. The van der Waals surface area contributed by atoms with Gasteiger partial charge in [-0.15, -0.1) is 0 Å². The van der Waals surface area contributed by atoms with E-state index in [0.29, 0.717) is 35.2 Å². The van der Waals surface area contributed by atoms with Crippen LogP contribution in [0.4, 0.5) is 11.4 Å². The van der Waals surface area contributed by atoms with E-state index in [9.17, 15) is 9.59 Å². The maximum absolute atomic E-state index is 12.0. The van der Waals surface area contributed by atoms with Gasteiger partial charge in [0.15, 0.2) is 11.5 Å². The summed E-state index contributed by atoms with van der Waals surface area (Å²) in [6.07, 6.45) is 0. The Labute approximate surface area is 145 Å². The molecule has 25 heavy (non-hydrogen) atoms. The fourth-order valence-electron chi connectivity index (χ4n) is 2.09. The third-order valence-corrected chi connectivity index (χ3v) is 3.27. The third kappa shape index (κ3) is 4.87. The molecule has 7 heteroatoms. The lowest BCUT2D eigenvalue weighted by Gasteiger charge is -2.11. The number of hydrogen-bond acceptors (Lipinski definition) is 5. The molecule has 2 aromatic carbocycles. The Balaban J connectivity index is 1.99. The van der Waals surface area contributed by atoms with Gasteiger partial charge in [-0.3, -0.25) is 9.59 Å². The Morgan fingerprint density at radius 1 is 0.840 bits per heavy atom. The minimum absolute atomic E-state index is 0.421. The van der Waals surface area contributed by atoms with Crippen LogP contribution in [0.2, 0.25) is 0 Å². The summed E-state index contributed by atoms with van der Waals surface area (Å²) < 4.78 is 15.6. The molecule has 2 N–H and O–H groups in total. The fraction of sp³-hybridized carbons (Fsp3) is 0.222. The third-order valence-electron chi connectivity index (χ3n) is 3.27. The average Bonchev–Trinajstić information content (AvgIpc) is 2.63. The molecule has 2 amide bonds. The predicted octanol–water partition coefficient (Wildman–Crippen LogP) is 2.68. The maximum Gasteiger partial charge on any atom is 0.314 e. The van der Waals surface area contributed by atoms with Crippen LogP contribution in [-0.4, -0.2) is 32.6 Å². The second-order valence-corrected chi connectivity index (χ2v) is 4.94. The van der Waals surface area contributed by atoms with E-state index in [2.05, 4.69) is 10.6 Å². The van der Waals surface area contributed by atoms with E-state index >= 15 is 0 Å². The van der Waals surface area contributed by atoms with Gasteiger partial charge in [0.1, 0.15) is 5.75 Å². The number of carbonyl (C=O) groups excluding carboxylic acids is 2. The second kappa shape index (κ2) is 8.58. The second-order valence-electron chi connectivity index (χ2n) is 4.94. The van der Waals surface area contributed by atoms with Gasteiger partial charge in [0.05, 0.1) is 20.8 Å². The van der Waals surface area contributed by atoms with Gasteiger partial charge in [0.2, 0.25) is 0 Å². The number of nitrogens with one attached hydrogen (secondary N) is 2. The number of methoxy groups -OCH3 is 2. The van der Waals surface area contributed by atoms with E-state index in [-0.39, 0.29) is 0 Å². The van der Waals surface area contributed by atoms with Gasteiger partial charge in [-0.25, -0.2) is 0 Å². The molecule has 0 aromatic heterocycles. The van der Waals surface area contributed by atoms with Crippen molar-refractivity contribution in [2.45, 2.75) is 6.92 Å². The molecule has 0 unspecified atom stereocenters. The summed E-state index contributed by atoms with van der Waals surface area (Å²) in [6, 6.07) is 11.6. The first-order chi connectivity index (χ1) is 12.1. The monoisotopic (exact) mass is 344 g/mol. The molecular weight excluding hydrogens is 324 g/mol. The van der Waals surface area contributed by atoms with Crippen molar-refractivity contribution >= 4 is 23.2 Å². The predicted molar refractivity (Wildman–Crippen MR) is 94.4 cm³/mol. The topological polar surface area (TPSA) is 85.9 Å². The molecule has 7 nitrogen and oxygen atoms in total. The van der Waals surface area contributed by atoms with E-state index in [1.165, 1.54) is 14.2 Å². The first-order valence-electron chi connectivity index (χ1n) is 7.64. The van der Waals surface area contributed by atoms with E-state index < -0.39 is 11.8 Å². The Bertz CT molecular complexity index is 744. The highest BCUT2D eigenvalue weighted by Gasteiger charge is 2.15. The molecule has 0 saturated heterocycles. The van der Waals surface area contributed by atoms with Crippen LogP contribution < -0.4 is 24.8 Å². The number of anilines is 2. The van der Waals surface area contributed by atoms with Crippen LogP contribution in [0, 0.1) is 0 Å². The summed E-state index contributed by atoms with van der Waals surface area (Å²) in [7, 11) is 3.00. The van der Waals surface area contributed by atoms with Gasteiger partial charge in [0.25, 0.3) is 0 Å². The minimum atomic E-state index is -0.791. The van der Waals surface area contributed by atoms with Crippen LogP contribution in [-0.2, 0) is 9.59 Å². The SMILES string of the molecule is CCOc1ccc(NC(=O)C(=O)Nc2ccc(OC)c(OC)c2)cc1. The highest BCUT2D eigenvalue weighted by Crippen LogP contribution is 2.29. The van der Waals surface area contributed by atoms with Crippen molar-refractivity contribution < 1.29 is 23.8 Å². The van der Waals surface area contributed by atoms with Crippen LogP contribution in [0.1, 0.15) is 6.92 Å². The van der Waals surface area contributed by atoms with Crippen molar-refractivity contribution in [3.63, 3.8) is 0 Å². The van der Waals surface area contributed by atoms with Crippen LogP contribution in [0.25, 0.3) is 0 Å². The first-order valence-corrected chi connectivity index (χ1v) is 7.64. The van der Waals surface area contributed by atoms with Crippen molar-refractivity contribution in [1.29, 1.82) is 0 Å². The molecule has 132 valence electrons. The molecule has 0 heterocycles. The molecule has 0 fully saturated rings. The standard InChI is InChI=1S/C18H20N2O5/c1-4-25-14-8-5-12(6-9-14)19-17(21)18(22)20-13-7-10-15(23-2)16(11-13)24-3/h5-11H,4H2,1-3H3,(H,19,21)(H,20,22). The van der Waals surface area contributed by atoms with Crippen molar-refractivity contribution in [1.82, 2.24) is 0 Å². The molecular formula is C18H20N2O5. The van der Waals surface area contributed by atoms with E-state index in [0.717, 1.165) is 0 Å². The summed E-state index contributed by atoms with van der Waals surface area (Å²) in [4.78, 5) is 24.0. The van der Waals surface area contributed by atoms with Crippen molar-refractivity contribution in [2.75, 3.05) is 31.5 Å². The van der Waals surface area contributed by atoms with Crippen molar-refractivity contribution in [2.24, 2.45) is 0 Å². The first kappa shape index (κ1) is 18.1. The van der Waals surface area contributed by atoms with Crippen molar-refractivity contribution in [3.8, 4) is 17.2 Å². The van der Waals surface area contributed by atoms with Crippen LogP contribution in [0.5, 0.6) is 17.2 Å². The molecule has 2 rings (SSSR count). The van der Waals surface area contributed by atoms with Crippen LogP contribution in [0.15, 0.2) is 42.5 Å². The Hall–Kier alpha value is -3.22. The summed E-state index contributed by atoms with van der Waals surface area (Å²) in [5.74, 6) is 0.0990. The van der Waals surface area contributed by atoms with Gasteiger partial charge in [-0.05, 0) is 43.3 Å². The lowest BCUT2D eigenvalue weighted by molar-refractivity contribution is -0.132. The summed E-state index contributed by atoms with van der Waals surface area (Å²) in [5, 5.41) is 5.03. The molecule has 0 aliphatic carbocycles. The van der Waals surface area contributed by atoms with Gasteiger partial charge < -0.3 is 24.8 Å². The van der Waals surface area contributed by atoms with Gasteiger partial charge in [0, 0.05) is 17.4 Å². The number of carbonyl (C=O) groups is 2. The summed E-state index contributed by atoms with van der Waals surface area (Å²) >= 11 is 0. The lowest BCUT2D eigenvalue weighted by Crippen LogP contribution is -2.29. The zero-order chi connectivity index (χ0) is 18.2. The van der Waals surface area contributed by atoms with Crippen molar-refractivity contribution in [3.05, 3.63) is 42.5 Å². The van der Waals surface area contributed by atoms with E-state index in [1.807, 2.05) is 6.92 Å². The Morgan fingerprint density at radius 2 is 1.40 bits per heavy atom. The number of hydrogen-bond donors (Lipinski definition) is 2. The highest BCUT2D eigenvalue weighted by molar-refractivity contribution is 6.43. The van der Waals surface area contributed by atoms with Crippen LogP contribution >= 0.6 is 0 Å². The molecule has 0 aliphatic rings. The van der Waals surface area contributed by atoms with E-state index in [1.54, 1.807) is 42.5 Å². The van der Waals surface area contributed by atoms with Gasteiger partial charge in [-0.2, -0.15) is 0 Å². The summed E-state index contributed by atoms with van der Waals surface area (Å²) in [5.41, 5.74) is 0.917. The smallest absolute Gasteiger partial charge is 0.314 e. The fourth-order valence-corrected chi connectivity index (χ4v) is 2.09. The quantitative estimate of drug-likeness (QED) is 0.787. The molecule has 0 aliphatic heterocycles. The molecule has 0 radical (unpaired) electrons. The number of amides is 2. The zero-order valence-corrected chi connectivity index (χ0v) is 14.3. The molecule has 0 atom stereocenters. The Morgan fingerprint density at radius 3 is 1.96 bits per heavy atom. The molecule has 2 aromatic rings. The molecule has 0 saturated carbocycles. The number of ether oxygens (including phenoxy) is 3. The van der Waals surface area contributed by atoms with Crippen LogP contribution in [0.3, 0.4) is 0 Å². The minimum Gasteiger partial charge on any atom is -0.494 e. The lowest BCUT2D eigenvalue weighted by atomic mass is 10.2. The zero-order valence-electron chi connectivity index (χ0n) is 14.3. The molecule has 0 spiro atoms. The van der Waals surface area contributed by atoms with Gasteiger partial charge >= 0.3 is 11.8 Å².